The van der Waals surface area contributed by atoms with E-state index >= 15 is 0 Å². The fourth-order valence-electron chi connectivity index (χ4n) is 5.26. The zero-order valence-corrected chi connectivity index (χ0v) is 21.9. The van der Waals surface area contributed by atoms with Gasteiger partial charge in [-0.05, 0) is 79.9 Å². The van der Waals surface area contributed by atoms with Crippen molar-refractivity contribution >= 4 is 23.6 Å². The van der Waals surface area contributed by atoms with Crippen molar-refractivity contribution in [3.05, 3.63) is 95.1 Å². The molecule has 0 radical (unpaired) electrons. The van der Waals surface area contributed by atoms with Crippen LogP contribution in [-0.2, 0) is 10.5 Å². The first-order valence-corrected chi connectivity index (χ1v) is 13.8. The quantitative estimate of drug-likeness (QED) is 0.238. The molecule has 0 aromatic heterocycles. The summed E-state index contributed by atoms with van der Waals surface area (Å²) in [7, 11) is 0. The number of piperidine rings is 1. The van der Waals surface area contributed by atoms with Crippen LogP contribution in [0.4, 0.5) is 8.78 Å². The van der Waals surface area contributed by atoms with Crippen LogP contribution in [-0.4, -0.2) is 41.6 Å². The van der Waals surface area contributed by atoms with E-state index in [9.17, 15) is 18.4 Å². The molecule has 2 heterocycles. The highest BCUT2D eigenvalue weighted by atomic mass is 32.2. The third-order valence-corrected chi connectivity index (χ3v) is 8.15. The molecule has 2 aliphatic heterocycles. The van der Waals surface area contributed by atoms with Crippen molar-refractivity contribution in [2.45, 2.75) is 61.4 Å². The number of nitrogens with zero attached hydrogens (tertiary/aromatic N) is 1. The number of ether oxygens (including phenoxy) is 2. The number of rotatable bonds is 8. The van der Waals surface area contributed by atoms with Crippen molar-refractivity contribution in [2.24, 2.45) is 0 Å². The predicted molar refractivity (Wildman–Crippen MR) is 141 cm³/mol. The van der Waals surface area contributed by atoms with E-state index in [4.69, 9.17) is 9.47 Å². The number of carbonyl (C=O) groups excluding carboxylic acids is 2. The van der Waals surface area contributed by atoms with Gasteiger partial charge in [0.15, 0.2) is 11.6 Å². The number of esters is 1. The summed E-state index contributed by atoms with van der Waals surface area (Å²) in [6.07, 6.45) is 3.47. The van der Waals surface area contributed by atoms with Gasteiger partial charge in [-0.25, -0.2) is 13.6 Å². The Morgan fingerprint density at radius 1 is 0.895 bits per heavy atom. The van der Waals surface area contributed by atoms with Gasteiger partial charge in [-0.2, -0.15) is 0 Å². The lowest BCUT2D eigenvalue weighted by atomic mass is 9.98. The summed E-state index contributed by atoms with van der Waals surface area (Å²) >= 11 is 1.42. The Kier molecular flexibility index (Phi) is 7.98. The van der Waals surface area contributed by atoms with Gasteiger partial charge in [0.05, 0.1) is 12.2 Å². The molecular formula is C30H29F2NO4S. The maximum Gasteiger partial charge on any atom is 0.338 e. The molecule has 0 saturated carbocycles. The zero-order chi connectivity index (χ0) is 26.6. The van der Waals surface area contributed by atoms with Gasteiger partial charge in [0.2, 0.25) is 0 Å². The molecule has 0 aliphatic carbocycles. The van der Waals surface area contributed by atoms with Crippen LogP contribution in [0.3, 0.4) is 0 Å². The SMILES string of the molecule is CCOC(=O)c1ccc(OC2C[C@H]3CC[C@@H](C2)N3C(=O)c2ccc(CSc3ccc(F)c(F)c3)cc2)cc1. The van der Waals surface area contributed by atoms with Crippen molar-refractivity contribution in [1.82, 2.24) is 4.90 Å². The zero-order valence-electron chi connectivity index (χ0n) is 21.1. The minimum absolute atomic E-state index is 0.0145. The van der Waals surface area contributed by atoms with Crippen molar-refractivity contribution in [3.63, 3.8) is 0 Å². The van der Waals surface area contributed by atoms with Gasteiger partial charge in [-0.3, -0.25) is 4.79 Å². The smallest absolute Gasteiger partial charge is 0.338 e. The predicted octanol–water partition coefficient (Wildman–Crippen LogP) is 6.65. The number of carbonyl (C=O) groups is 2. The summed E-state index contributed by atoms with van der Waals surface area (Å²) in [4.78, 5) is 27.9. The highest BCUT2D eigenvalue weighted by molar-refractivity contribution is 7.98. The summed E-state index contributed by atoms with van der Waals surface area (Å²) in [6, 6.07) is 18.7. The van der Waals surface area contributed by atoms with E-state index in [1.54, 1.807) is 37.3 Å². The molecule has 2 saturated heterocycles. The van der Waals surface area contributed by atoms with Crippen LogP contribution < -0.4 is 4.74 Å². The molecule has 3 aromatic carbocycles. The summed E-state index contributed by atoms with van der Waals surface area (Å²) in [6.45, 7) is 2.11. The van der Waals surface area contributed by atoms with Crippen LogP contribution in [0, 0.1) is 11.6 Å². The highest BCUT2D eigenvalue weighted by Crippen LogP contribution is 2.38. The van der Waals surface area contributed by atoms with Gasteiger partial charge < -0.3 is 14.4 Å². The third-order valence-electron chi connectivity index (χ3n) is 7.09. The maximum absolute atomic E-state index is 13.4. The van der Waals surface area contributed by atoms with Crippen molar-refractivity contribution in [3.8, 4) is 5.75 Å². The standard InChI is InChI=1S/C30H29F2NO4S/c1-2-36-30(35)21-7-11-24(12-8-21)37-25-15-22-9-10-23(16-25)33(22)29(34)20-5-3-19(4-6-20)18-38-26-13-14-27(31)28(32)17-26/h3-8,11-14,17,22-23,25H,2,9-10,15-16,18H2,1H3/t22-,23+,25?. The van der Waals surface area contributed by atoms with Crippen LogP contribution in [0.2, 0.25) is 0 Å². The maximum atomic E-state index is 13.4. The second-order valence-corrected chi connectivity index (χ2v) is 10.7. The molecule has 5 nitrogen and oxygen atoms in total. The minimum atomic E-state index is -0.855. The fourth-order valence-corrected chi connectivity index (χ4v) is 6.13. The van der Waals surface area contributed by atoms with Gasteiger partial charge >= 0.3 is 5.97 Å². The van der Waals surface area contributed by atoms with Gasteiger partial charge in [-0.15, -0.1) is 11.8 Å². The lowest BCUT2D eigenvalue weighted by Crippen LogP contribution is -2.49. The molecule has 2 aliphatic rings. The Morgan fingerprint density at radius 2 is 1.55 bits per heavy atom. The molecule has 3 atom stereocenters. The lowest BCUT2D eigenvalue weighted by molar-refractivity contribution is 0.0359. The fraction of sp³-hybridized carbons (Fsp3) is 0.333. The van der Waals surface area contributed by atoms with Gasteiger partial charge in [-0.1, -0.05) is 12.1 Å². The summed E-state index contributed by atoms with van der Waals surface area (Å²) in [5, 5.41) is 0. The second-order valence-electron chi connectivity index (χ2n) is 9.62. The van der Waals surface area contributed by atoms with Crippen molar-refractivity contribution in [1.29, 1.82) is 0 Å². The molecule has 2 bridgehead atoms. The molecular weight excluding hydrogens is 508 g/mol. The first-order chi connectivity index (χ1) is 18.4. The number of halogens is 2. The summed E-state index contributed by atoms with van der Waals surface area (Å²) < 4.78 is 37.8. The van der Waals surface area contributed by atoms with Gasteiger partial charge in [0.1, 0.15) is 11.9 Å². The van der Waals surface area contributed by atoms with E-state index in [0.29, 0.717) is 34.1 Å². The van der Waals surface area contributed by atoms with Crippen LogP contribution in [0.15, 0.2) is 71.6 Å². The molecule has 5 rings (SSSR count). The normalized spacial score (nSPS) is 20.3. The summed E-state index contributed by atoms with van der Waals surface area (Å²) in [5.41, 5.74) is 2.14. The number of hydrogen-bond acceptors (Lipinski definition) is 5. The summed E-state index contributed by atoms with van der Waals surface area (Å²) in [5.74, 6) is -0.723. The number of fused-ring (bicyclic) bond motifs is 2. The van der Waals surface area contributed by atoms with E-state index in [1.807, 2.05) is 29.2 Å². The molecule has 0 N–H and O–H groups in total. The minimum Gasteiger partial charge on any atom is -0.490 e. The Labute approximate surface area is 225 Å². The number of hydrogen-bond donors (Lipinski definition) is 0. The molecule has 0 spiro atoms. The monoisotopic (exact) mass is 537 g/mol. The van der Waals surface area contributed by atoms with E-state index in [0.717, 1.165) is 37.3 Å². The average Bonchev–Trinajstić information content (AvgIpc) is 3.19. The Morgan fingerprint density at radius 3 is 2.18 bits per heavy atom. The molecule has 198 valence electrons. The van der Waals surface area contributed by atoms with Crippen LogP contribution in [0.25, 0.3) is 0 Å². The lowest BCUT2D eigenvalue weighted by Gasteiger charge is -2.39. The molecule has 38 heavy (non-hydrogen) atoms. The van der Waals surface area contributed by atoms with E-state index in [2.05, 4.69) is 0 Å². The van der Waals surface area contributed by atoms with Crippen molar-refractivity contribution < 1.29 is 27.8 Å². The Bertz CT molecular complexity index is 1280. The van der Waals surface area contributed by atoms with E-state index in [-0.39, 0.29) is 30.1 Å². The Balaban J connectivity index is 1.16. The number of thioether (sulfide) groups is 1. The van der Waals surface area contributed by atoms with Crippen LogP contribution >= 0.6 is 11.8 Å². The Hall–Kier alpha value is -3.39. The molecule has 3 aromatic rings. The molecule has 1 amide bonds. The number of amides is 1. The van der Waals surface area contributed by atoms with Crippen LogP contribution in [0.1, 0.15) is 58.9 Å². The largest absolute Gasteiger partial charge is 0.490 e. The topological polar surface area (TPSA) is 55.8 Å². The van der Waals surface area contributed by atoms with Gasteiger partial charge in [0, 0.05) is 41.1 Å². The average molecular weight is 538 g/mol. The molecule has 1 unspecified atom stereocenters. The van der Waals surface area contributed by atoms with Gasteiger partial charge in [0.25, 0.3) is 5.91 Å². The van der Waals surface area contributed by atoms with Crippen LogP contribution in [0.5, 0.6) is 5.75 Å². The van der Waals surface area contributed by atoms with Crippen molar-refractivity contribution in [2.75, 3.05) is 6.61 Å². The van der Waals surface area contributed by atoms with E-state index in [1.165, 1.54) is 17.8 Å². The highest BCUT2D eigenvalue weighted by Gasteiger charge is 2.44. The third kappa shape index (κ3) is 5.85. The van der Waals surface area contributed by atoms with E-state index < -0.39 is 11.6 Å². The first-order valence-electron chi connectivity index (χ1n) is 12.8. The molecule has 8 heteroatoms. The second kappa shape index (κ2) is 11.6. The number of benzene rings is 3. The molecule has 2 fully saturated rings. The first kappa shape index (κ1) is 26.2.